The van der Waals surface area contributed by atoms with Crippen molar-refractivity contribution in [1.29, 1.82) is 5.26 Å². The quantitative estimate of drug-likeness (QED) is 0.302. The third-order valence-electron chi connectivity index (χ3n) is 5.12. The summed E-state index contributed by atoms with van der Waals surface area (Å²) in [4.78, 5) is 15.8. The van der Waals surface area contributed by atoms with Crippen molar-refractivity contribution >= 4 is 11.7 Å². The van der Waals surface area contributed by atoms with E-state index in [9.17, 15) is 4.79 Å². The molecule has 3 aromatic rings. The summed E-state index contributed by atoms with van der Waals surface area (Å²) in [5.41, 5.74) is 3.74. The van der Waals surface area contributed by atoms with Gasteiger partial charge in [0, 0.05) is 18.1 Å². The van der Waals surface area contributed by atoms with Gasteiger partial charge in [-0.25, -0.2) is 0 Å². The van der Waals surface area contributed by atoms with Gasteiger partial charge < -0.3 is 24.2 Å². The summed E-state index contributed by atoms with van der Waals surface area (Å²) >= 11 is 0. The third-order valence-corrected chi connectivity index (χ3v) is 5.12. The van der Waals surface area contributed by atoms with Crippen molar-refractivity contribution < 1.29 is 28.9 Å². The lowest BCUT2D eigenvalue weighted by Gasteiger charge is -2.12. The number of ether oxygens (including phenoxy) is 3. The summed E-state index contributed by atoms with van der Waals surface area (Å²) in [5.74, 6) is 1.04. The molecule has 0 fully saturated rings. The predicted octanol–water partition coefficient (Wildman–Crippen LogP) is 4.59. The van der Waals surface area contributed by atoms with Gasteiger partial charge in [0.05, 0.1) is 18.7 Å². The Balaban J connectivity index is 1.56. The van der Waals surface area contributed by atoms with Gasteiger partial charge in [-0.3, -0.25) is 4.79 Å². The largest absolute Gasteiger partial charge is 0.496 e. The van der Waals surface area contributed by atoms with Crippen molar-refractivity contribution in [2.75, 3.05) is 20.8 Å². The van der Waals surface area contributed by atoms with Crippen LogP contribution in [0.25, 0.3) is 0 Å². The summed E-state index contributed by atoms with van der Waals surface area (Å²) in [6.45, 7) is 0.545. The van der Waals surface area contributed by atoms with Crippen LogP contribution in [0.4, 0.5) is 0 Å². The van der Waals surface area contributed by atoms with Gasteiger partial charge in [-0.2, -0.15) is 5.26 Å². The lowest BCUT2D eigenvalue weighted by Crippen LogP contribution is -2.13. The van der Waals surface area contributed by atoms with Crippen molar-refractivity contribution in [2.45, 2.75) is 19.4 Å². The normalized spacial score (nSPS) is 10.8. The summed E-state index contributed by atoms with van der Waals surface area (Å²) in [5, 5.41) is 21.9. The average Bonchev–Trinajstić information content (AvgIpc) is 2.89. The Labute approximate surface area is 203 Å². The zero-order valence-electron chi connectivity index (χ0n) is 19.6. The molecule has 3 aromatic carbocycles. The van der Waals surface area contributed by atoms with Crippen molar-refractivity contribution in [3.63, 3.8) is 0 Å². The first kappa shape index (κ1) is 25.1. The highest BCUT2D eigenvalue weighted by molar-refractivity contribution is 6.01. The van der Waals surface area contributed by atoms with Gasteiger partial charge in [-0.1, -0.05) is 35.5 Å². The molecule has 0 heterocycles. The smallest absolute Gasteiger partial charge is 0.303 e. The molecule has 0 aliphatic heterocycles. The van der Waals surface area contributed by atoms with Gasteiger partial charge in [0.1, 0.15) is 43.3 Å². The van der Waals surface area contributed by atoms with Crippen LogP contribution < -0.4 is 14.2 Å². The number of nitriles is 1. The standard InChI is InChI=1S/C27H26N2O6/c1-32-26-15-24(13-9-22(26)10-14-27(30)31)34-17-20-5-11-23(12-6-20)35-18-25(29-33-2)21-7-3-19(16-28)4-8-21/h3-9,11-13,15H,10,14,17-18H2,1-2H3,(H,30,31)/b29-25+. The van der Waals surface area contributed by atoms with Crippen molar-refractivity contribution in [3.8, 4) is 23.3 Å². The molecule has 0 radical (unpaired) electrons. The minimum Gasteiger partial charge on any atom is -0.496 e. The van der Waals surface area contributed by atoms with Crippen molar-refractivity contribution in [1.82, 2.24) is 0 Å². The van der Waals surface area contributed by atoms with E-state index < -0.39 is 5.97 Å². The van der Waals surface area contributed by atoms with Crippen LogP contribution >= 0.6 is 0 Å². The van der Waals surface area contributed by atoms with E-state index in [4.69, 9.17) is 29.4 Å². The highest BCUT2D eigenvalue weighted by Gasteiger charge is 2.09. The molecule has 0 saturated heterocycles. The molecule has 0 bridgehead atoms. The van der Waals surface area contributed by atoms with E-state index in [1.807, 2.05) is 30.3 Å². The van der Waals surface area contributed by atoms with E-state index in [0.29, 0.717) is 41.6 Å². The van der Waals surface area contributed by atoms with Crippen LogP contribution in [0.5, 0.6) is 17.2 Å². The van der Waals surface area contributed by atoms with E-state index in [0.717, 1.165) is 16.7 Å². The first-order valence-corrected chi connectivity index (χ1v) is 10.9. The molecule has 0 aliphatic rings. The maximum atomic E-state index is 10.8. The topological polar surface area (TPSA) is 110 Å². The zero-order valence-corrected chi connectivity index (χ0v) is 19.6. The molecule has 0 aromatic heterocycles. The zero-order chi connectivity index (χ0) is 25.0. The minimum absolute atomic E-state index is 0.0390. The Morgan fingerprint density at radius 1 is 0.971 bits per heavy atom. The van der Waals surface area contributed by atoms with Gasteiger partial charge in [0.25, 0.3) is 0 Å². The van der Waals surface area contributed by atoms with Gasteiger partial charge in [-0.05, 0) is 47.9 Å². The number of oxime groups is 1. The molecular weight excluding hydrogens is 448 g/mol. The lowest BCUT2D eigenvalue weighted by molar-refractivity contribution is -0.136. The maximum absolute atomic E-state index is 10.8. The molecule has 0 amide bonds. The van der Waals surface area contributed by atoms with Gasteiger partial charge in [0.15, 0.2) is 0 Å². The second kappa shape index (κ2) is 12.7. The molecule has 1 N–H and O–H groups in total. The number of benzene rings is 3. The molecular formula is C27H26N2O6. The first-order chi connectivity index (χ1) is 17.0. The van der Waals surface area contributed by atoms with Gasteiger partial charge in [-0.15, -0.1) is 0 Å². The Kier molecular flexibility index (Phi) is 9.08. The maximum Gasteiger partial charge on any atom is 0.303 e. The Morgan fingerprint density at radius 3 is 2.31 bits per heavy atom. The number of nitrogens with zero attached hydrogens (tertiary/aromatic N) is 2. The van der Waals surface area contributed by atoms with Gasteiger partial charge in [0.2, 0.25) is 0 Å². The average molecular weight is 475 g/mol. The van der Waals surface area contributed by atoms with Crippen molar-refractivity contribution in [2.24, 2.45) is 5.16 Å². The summed E-state index contributed by atoms with van der Waals surface area (Å²) in [6, 6.07) is 22.0. The number of aliphatic carboxylic acids is 1. The van der Waals surface area contributed by atoms with Crippen LogP contribution in [0.3, 0.4) is 0 Å². The molecule has 0 saturated carbocycles. The fourth-order valence-corrected chi connectivity index (χ4v) is 3.27. The second-order valence-corrected chi connectivity index (χ2v) is 7.50. The number of hydrogen-bond acceptors (Lipinski definition) is 7. The highest BCUT2D eigenvalue weighted by Crippen LogP contribution is 2.26. The molecule has 0 aliphatic carbocycles. The monoisotopic (exact) mass is 474 g/mol. The number of rotatable bonds is 12. The van der Waals surface area contributed by atoms with Crippen LogP contribution in [-0.4, -0.2) is 37.6 Å². The van der Waals surface area contributed by atoms with E-state index in [-0.39, 0.29) is 13.0 Å². The summed E-state index contributed by atoms with van der Waals surface area (Å²) < 4.78 is 17.1. The van der Waals surface area contributed by atoms with Crippen LogP contribution in [0.1, 0.15) is 28.7 Å². The van der Waals surface area contributed by atoms with Crippen LogP contribution in [0, 0.1) is 11.3 Å². The molecule has 8 nitrogen and oxygen atoms in total. The lowest BCUT2D eigenvalue weighted by atomic mass is 10.1. The second-order valence-electron chi connectivity index (χ2n) is 7.50. The number of hydrogen-bond donors (Lipinski definition) is 1. The van der Waals surface area contributed by atoms with E-state index in [1.165, 1.54) is 7.11 Å². The van der Waals surface area contributed by atoms with Crippen LogP contribution in [0.15, 0.2) is 71.9 Å². The van der Waals surface area contributed by atoms with Gasteiger partial charge >= 0.3 is 5.97 Å². The molecule has 0 unspecified atom stereocenters. The number of carboxylic acid groups (broad SMARTS) is 1. The Bertz CT molecular complexity index is 1200. The first-order valence-electron chi connectivity index (χ1n) is 10.9. The highest BCUT2D eigenvalue weighted by atomic mass is 16.6. The van der Waals surface area contributed by atoms with Crippen LogP contribution in [-0.2, 0) is 22.7 Å². The Hall–Kier alpha value is -4.51. The van der Waals surface area contributed by atoms with Crippen LogP contribution in [0.2, 0.25) is 0 Å². The fourth-order valence-electron chi connectivity index (χ4n) is 3.27. The van der Waals surface area contributed by atoms with E-state index >= 15 is 0 Å². The molecule has 0 spiro atoms. The summed E-state index contributed by atoms with van der Waals surface area (Å²) in [7, 11) is 3.02. The molecule has 0 atom stereocenters. The predicted molar refractivity (Wildman–Crippen MR) is 130 cm³/mol. The number of carboxylic acids is 1. The molecule has 180 valence electrons. The molecule has 3 rings (SSSR count). The van der Waals surface area contributed by atoms with E-state index in [1.54, 1.807) is 43.5 Å². The molecule has 8 heteroatoms. The number of carbonyl (C=O) groups is 1. The third kappa shape index (κ3) is 7.51. The number of aryl methyl sites for hydroxylation is 1. The molecule has 35 heavy (non-hydrogen) atoms. The Morgan fingerprint density at radius 2 is 1.69 bits per heavy atom. The minimum atomic E-state index is -0.851. The van der Waals surface area contributed by atoms with Crippen molar-refractivity contribution in [3.05, 3.63) is 89.0 Å². The van der Waals surface area contributed by atoms with E-state index in [2.05, 4.69) is 11.2 Å². The number of methoxy groups -OCH3 is 1. The SMILES string of the molecule is CO/N=C(\COc1ccc(COc2ccc(CCC(=O)O)c(OC)c2)cc1)c1ccc(C#N)cc1. The summed E-state index contributed by atoms with van der Waals surface area (Å²) in [6.07, 6.45) is 0.430. The fraction of sp³-hybridized carbons (Fsp3) is 0.222.